The second-order valence-corrected chi connectivity index (χ2v) is 12.6. The molecule has 7 nitrogen and oxygen atoms in total. The van der Waals surface area contributed by atoms with Crippen LogP contribution in [0.4, 0.5) is 4.79 Å². The Labute approximate surface area is 249 Å². The van der Waals surface area contributed by atoms with Crippen molar-refractivity contribution in [3.63, 3.8) is 0 Å². The lowest BCUT2D eigenvalue weighted by atomic mass is 9.73. The average molecular weight is 570 g/mol. The summed E-state index contributed by atoms with van der Waals surface area (Å²) in [4.78, 5) is 28.5. The molecule has 3 aromatic rings. The maximum absolute atomic E-state index is 13.8. The number of nitrogens with one attached hydrogen (secondary N) is 2. The first kappa shape index (κ1) is 29.8. The molecule has 42 heavy (non-hydrogen) atoms. The number of alkyl carbamates (subject to hydrolysis) is 1. The van der Waals surface area contributed by atoms with Crippen molar-refractivity contribution in [2.24, 2.45) is 0 Å². The zero-order valence-electron chi connectivity index (χ0n) is 25.0. The number of rotatable bonds is 9. The fourth-order valence-electron chi connectivity index (χ4n) is 6.35. The molecule has 2 amide bonds. The van der Waals surface area contributed by atoms with Gasteiger partial charge >= 0.3 is 6.09 Å². The van der Waals surface area contributed by atoms with Crippen LogP contribution in [0.25, 0.3) is 0 Å². The summed E-state index contributed by atoms with van der Waals surface area (Å²) in [7, 11) is 0. The number of carbonyl (C=O) groups excluding carboxylic acids is 2. The maximum atomic E-state index is 13.8. The number of ether oxygens (including phenoxy) is 2. The molecule has 1 fully saturated rings. The van der Waals surface area contributed by atoms with Gasteiger partial charge in [-0.15, -0.1) is 0 Å². The highest BCUT2D eigenvalue weighted by molar-refractivity contribution is 5.82. The number of hydrogen-bond donors (Lipinski definition) is 2. The zero-order chi connectivity index (χ0) is 29.6. The van der Waals surface area contributed by atoms with Gasteiger partial charge in [-0.3, -0.25) is 10.1 Å². The third-order valence-corrected chi connectivity index (χ3v) is 8.34. The third-order valence-electron chi connectivity index (χ3n) is 8.34. The molecule has 222 valence electrons. The van der Waals surface area contributed by atoms with Crippen LogP contribution in [0.2, 0.25) is 0 Å². The molecule has 2 aliphatic rings. The number of carbonyl (C=O) groups is 2. The lowest BCUT2D eigenvalue weighted by Crippen LogP contribution is -2.57. The van der Waals surface area contributed by atoms with Crippen molar-refractivity contribution in [3.05, 3.63) is 107 Å². The highest BCUT2D eigenvalue weighted by Gasteiger charge is 2.47. The quantitative estimate of drug-likeness (QED) is 0.336. The normalized spacial score (nSPS) is 18.4. The molecule has 2 N–H and O–H groups in total. The zero-order valence-corrected chi connectivity index (χ0v) is 25.0. The molecule has 1 unspecified atom stereocenters. The van der Waals surface area contributed by atoms with Gasteiger partial charge in [0.15, 0.2) is 0 Å². The average Bonchev–Trinajstić information content (AvgIpc) is 3.28. The van der Waals surface area contributed by atoms with Gasteiger partial charge in [-0.2, -0.15) is 0 Å². The molecule has 1 aliphatic carbocycles. The van der Waals surface area contributed by atoms with Crippen molar-refractivity contribution in [1.29, 1.82) is 0 Å². The van der Waals surface area contributed by atoms with Crippen LogP contribution in [0.1, 0.15) is 68.3 Å². The van der Waals surface area contributed by atoms with E-state index in [1.54, 1.807) is 0 Å². The molecule has 1 heterocycles. The summed E-state index contributed by atoms with van der Waals surface area (Å²) in [6.45, 7) is 8.57. The number of amides is 2. The van der Waals surface area contributed by atoms with Crippen LogP contribution in [0, 0.1) is 0 Å². The molecular weight excluding hydrogens is 526 g/mol. The van der Waals surface area contributed by atoms with Crippen molar-refractivity contribution in [2.75, 3.05) is 19.7 Å². The van der Waals surface area contributed by atoms with Crippen LogP contribution in [-0.4, -0.2) is 48.2 Å². The van der Waals surface area contributed by atoms with Gasteiger partial charge in [0.2, 0.25) is 5.91 Å². The van der Waals surface area contributed by atoms with E-state index in [1.807, 2.05) is 71.6 Å². The molecule has 0 bridgehead atoms. The first-order valence-corrected chi connectivity index (χ1v) is 15.0. The minimum absolute atomic E-state index is 0.0817. The summed E-state index contributed by atoms with van der Waals surface area (Å²) in [5, 5.41) is 6.61. The van der Waals surface area contributed by atoms with Gasteiger partial charge in [0.25, 0.3) is 0 Å². The molecule has 7 heteroatoms. The molecule has 1 spiro atoms. The number of piperidine rings is 1. The number of likely N-dealkylation sites (tertiary alicyclic amines) is 1. The summed E-state index contributed by atoms with van der Waals surface area (Å²) in [6.07, 6.45) is 2.09. The summed E-state index contributed by atoms with van der Waals surface area (Å²) >= 11 is 0. The predicted octanol–water partition coefficient (Wildman–Crippen LogP) is 5.89. The first-order chi connectivity index (χ1) is 20.2. The van der Waals surface area contributed by atoms with Gasteiger partial charge in [0.05, 0.1) is 19.3 Å². The van der Waals surface area contributed by atoms with Gasteiger partial charge in [0, 0.05) is 24.0 Å². The largest absolute Gasteiger partial charge is 0.445 e. The Morgan fingerprint density at radius 2 is 1.48 bits per heavy atom. The number of fused-ring (bicyclic) bond motifs is 2. The van der Waals surface area contributed by atoms with E-state index in [-0.39, 0.29) is 29.5 Å². The topological polar surface area (TPSA) is 79.9 Å². The van der Waals surface area contributed by atoms with Crippen molar-refractivity contribution in [3.8, 4) is 0 Å². The predicted molar refractivity (Wildman–Crippen MR) is 164 cm³/mol. The van der Waals surface area contributed by atoms with Gasteiger partial charge in [-0.1, -0.05) is 84.9 Å². The van der Waals surface area contributed by atoms with Crippen molar-refractivity contribution < 1.29 is 19.1 Å². The Morgan fingerprint density at radius 1 is 0.881 bits per heavy atom. The number of nitrogens with zero attached hydrogens (tertiary/aromatic N) is 1. The molecule has 1 aliphatic heterocycles. The number of hydrogen-bond acceptors (Lipinski definition) is 5. The van der Waals surface area contributed by atoms with Crippen molar-refractivity contribution in [1.82, 2.24) is 15.5 Å². The van der Waals surface area contributed by atoms with E-state index in [1.165, 1.54) is 5.56 Å². The van der Waals surface area contributed by atoms with E-state index < -0.39 is 12.1 Å². The van der Waals surface area contributed by atoms with Gasteiger partial charge in [-0.05, 0) is 62.3 Å². The molecule has 1 saturated heterocycles. The maximum Gasteiger partial charge on any atom is 0.407 e. The van der Waals surface area contributed by atoms with E-state index in [2.05, 4.69) is 49.6 Å². The minimum atomic E-state index is -0.424. The standard InChI is InChI=1S/C35H43N3O4/c1-34(2,3)37-31(25-41-23-26-12-6-4-7-13-26)32(39)38-20-18-35(19-21-38)22-30(28-16-10-11-17-29(28)35)36-33(40)42-24-27-14-8-5-9-15-27/h4-17,30-31,37H,18-25H2,1-3H3,(H,36,40)/t30?,31-/m1/s1. The molecule has 0 radical (unpaired) electrons. The Morgan fingerprint density at radius 3 is 2.12 bits per heavy atom. The van der Waals surface area contributed by atoms with Crippen molar-refractivity contribution >= 4 is 12.0 Å². The Kier molecular flexibility index (Phi) is 9.29. The summed E-state index contributed by atoms with van der Waals surface area (Å²) in [6, 6.07) is 27.6. The van der Waals surface area contributed by atoms with E-state index in [0.29, 0.717) is 26.3 Å². The number of benzene rings is 3. The van der Waals surface area contributed by atoms with Crippen LogP contribution in [0.5, 0.6) is 0 Å². The third kappa shape index (κ3) is 7.39. The van der Waals surface area contributed by atoms with Gasteiger partial charge in [0.1, 0.15) is 12.6 Å². The molecule has 2 atom stereocenters. The van der Waals surface area contributed by atoms with E-state index in [9.17, 15) is 9.59 Å². The Bertz CT molecular complexity index is 1330. The molecule has 0 aromatic heterocycles. The monoisotopic (exact) mass is 569 g/mol. The van der Waals surface area contributed by atoms with Crippen LogP contribution < -0.4 is 10.6 Å². The van der Waals surface area contributed by atoms with Crippen LogP contribution in [0.3, 0.4) is 0 Å². The molecule has 0 saturated carbocycles. The first-order valence-electron chi connectivity index (χ1n) is 15.0. The van der Waals surface area contributed by atoms with Gasteiger partial charge < -0.3 is 19.7 Å². The van der Waals surface area contributed by atoms with Crippen molar-refractivity contribution in [2.45, 2.75) is 76.3 Å². The van der Waals surface area contributed by atoms with E-state index in [0.717, 1.165) is 36.0 Å². The van der Waals surface area contributed by atoms with Crippen LogP contribution in [-0.2, 0) is 32.9 Å². The fourth-order valence-corrected chi connectivity index (χ4v) is 6.35. The SMILES string of the molecule is CC(C)(C)N[C@H](COCc1ccccc1)C(=O)N1CCC2(CC1)CC(NC(=O)OCc1ccccc1)c1ccccc12. The van der Waals surface area contributed by atoms with Gasteiger partial charge in [-0.25, -0.2) is 4.79 Å². The Balaban J connectivity index is 1.20. The highest BCUT2D eigenvalue weighted by Crippen LogP contribution is 2.50. The summed E-state index contributed by atoms with van der Waals surface area (Å²) in [5.74, 6) is 0.0817. The second-order valence-electron chi connectivity index (χ2n) is 12.6. The van der Waals surface area contributed by atoms with Crippen LogP contribution in [0.15, 0.2) is 84.9 Å². The minimum Gasteiger partial charge on any atom is -0.445 e. The molecular formula is C35H43N3O4. The Hall–Kier alpha value is -3.68. The smallest absolute Gasteiger partial charge is 0.407 e. The molecule has 5 rings (SSSR count). The van der Waals surface area contributed by atoms with E-state index >= 15 is 0 Å². The highest BCUT2D eigenvalue weighted by atomic mass is 16.5. The molecule has 3 aromatic carbocycles. The second kappa shape index (κ2) is 13.1. The summed E-state index contributed by atoms with van der Waals surface area (Å²) in [5.41, 5.74) is 4.16. The summed E-state index contributed by atoms with van der Waals surface area (Å²) < 4.78 is 11.6. The lowest BCUT2D eigenvalue weighted by Gasteiger charge is -2.42. The lowest BCUT2D eigenvalue weighted by molar-refractivity contribution is -0.137. The fraction of sp³-hybridized carbons (Fsp3) is 0.429. The van der Waals surface area contributed by atoms with Crippen LogP contribution >= 0.6 is 0 Å². The van der Waals surface area contributed by atoms with E-state index in [4.69, 9.17) is 9.47 Å².